The van der Waals surface area contributed by atoms with Gasteiger partial charge in [-0.25, -0.2) is 8.78 Å². The van der Waals surface area contributed by atoms with Gasteiger partial charge in [0.2, 0.25) is 5.76 Å². The molecule has 1 heterocycles. The highest BCUT2D eigenvalue weighted by Crippen LogP contribution is 2.20. The van der Waals surface area contributed by atoms with Gasteiger partial charge in [0, 0.05) is 18.2 Å². The minimum Gasteiger partial charge on any atom is -0.351 e. The van der Waals surface area contributed by atoms with E-state index in [0.29, 0.717) is 12.1 Å². The summed E-state index contributed by atoms with van der Waals surface area (Å²) in [5.74, 6) is -2.19. The number of rotatable bonds is 6. The molecule has 1 atom stereocenters. The number of amides is 1. The van der Waals surface area contributed by atoms with Gasteiger partial charge in [0.1, 0.15) is 0 Å². The van der Waals surface area contributed by atoms with Gasteiger partial charge < -0.3 is 9.84 Å². The quantitative estimate of drug-likeness (QED) is 0.719. The number of carbonyl (C=O) groups excluding carboxylic acids is 1. The SMILES string of the molecule is CC(Cc1cc(C(=O)NCc2cccc(F)c2F)on1)c1ccccc1. The third-order valence-corrected chi connectivity index (χ3v) is 4.14. The van der Waals surface area contributed by atoms with Crippen LogP contribution in [0.25, 0.3) is 0 Å². The van der Waals surface area contributed by atoms with Crippen LogP contribution in [-0.4, -0.2) is 11.1 Å². The molecule has 0 aliphatic carbocycles. The topological polar surface area (TPSA) is 55.1 Å². The van der Waals surface area contributed by atoms with E-state index in [1.165, 1.54) is 17.7 Å². The number of aromatic nitrogens is 1. The summed E-state index contributed by atoms with van der Waals surface area (Å²) >= 11 is 0. The summed E-state index contributed by atoms with van der Waals surface area (Å²) in [4.78, 5) is 12.1. The molecule has 4 nitrogen and oxygen atoms in total. The minimum absolute atomic E-state index is 0.0390. The van der Waals surface area contributed by atoms with E-state index in [2.05, 4.69) is 17.4 Å². The first kappa shape index (κ1) is 17.8. The third-order valence-electron chi connectivity index (χ3n) is 4.14. The molecule has 1 unspecified atom stereocenters. The standard InChI is InChI=1S/C20H18F2N2O2/c1-13(14-6-3-2-4-7-14)10-16-11-18(26-24-16)20(25)23-12-15-8-5-9-17(21)19(15)22/h2-9,11,13H,10,12H2,1H3,(H,23,25). The predicted octanol–water partition coefficient (Wildman–Crippen LogP) is 4.23. The largest absolute Gasteiger partial charge is 0.351 e. The fraction of sp³-hybridized carbons (Fsp3) is 0.200. The Kier molecular flexibility index (Phi) is 5.41. The van der Waals surface area contributed by atoms with Gasteiger partial charge in [-0.2, -0.15) is 0 Å². The maximum absolute atomic E-state index is 13.6. The monoisotopic (exact) mass is 356 g/mol. The van der Waals surface area contributed by atoms with Crippen LogP contribution in [0, 0.1) is 11.6 Å². The van der Waals surface area contributed by atoms with Crippen molar-refractivity contribution in [3.63, 3.8) is 0 Å². The molecule has 0 saturated carbocycles. The van der Waals surface area contributed by atoms with Gasteiger partial charge in [-0.3, -0.25) is 4.79 Å². The van der Waals surface area contributed by atoms with E-state index in [1.807, 2.05) is 30.3 Å². The lowest BCUT2D eigenvalue weighted by Crippen LogP contribution is -2.23. The zero-order chi connectivity index (χ0) is 18.5. The maximum Gasteiger partial charge on any atom is 0.290 e. The van der Waals surface area contributed by atoms with Crippen molar-refractivity contribution in [3.8, 4) is 0 Å². The van der Waals surface area contributed by atoms with Crippen molar-refractivity contribution in [1.29, 1.82) is 0 Å². The summed E-state index contributed by atoms with van der Waals surface area (Å²) in [7, 11) is 0. The van der Waals surface area contributed by atoms with Gasteiger partial charge in [-0.05, 0) is 24.0 Å². The molecular formula is C20H18F2N2O2. The van der Waals surface area contributed by atoms with Crippen LogP contribution in [0.2, 0.25) is 0 Å². The molecule has 0 spiro atoms. The molecule has 1 amide bonds. The Morgan fingerprint density at radius 1 is 1.15 bits per heavy atom. The van der Waals surface area contributed by atoms with E-state index >= 15 is 0 Å². The first-order chi connectivity index (χ1) is 12.5. The van der Waals surface area contributed by atoms with E-state index in [0.717, 1.165) is 6.07 Å². The predicted molar refractivity (Wildman–Crippen MR) is 92.6 cm³/mol. The first-order valence-corrected chi connectivity index (χ1v) is 8.26. The Labute approximate surface area is 149 Å². The second-order valence-corrected chi connectivity index (χ2v) is 6.09. The number of nitrogens with zero attached hydrogens (tertiary/aromatic N) is 1. The number of hydrogen-bond acceptors (Lipinski definition) is 3. The fourth-order valence-electron chi connectivity index (χ4n) is 2.68. The Bertz CT molecular complexity index is 894. The molecule has 0 bridgehead atoms. The van der Waals surface area contributed by atoms with Gasteiger partial charge in [0.25, 0.3) is 5.91 Å². The fourth-order valence-corrected chi connectivity index (χ4v) is 2.68. The van der Waals surface area contributed by atoms with Crippen molar-refractivity contribution in [3.05, 3.63) is 88.8 Å². The molecule has 0 fully saturated rings. The number of nitrogens with one attached hydrogen (secondary N) is 1. The van der Waals surface area contributed by atoms with Gasteiger partial charge in [-0.1, -0.05) is 54.5 Å². The summed E-state index contributed by atoms with van der Waals surface area (Å²) in [6.07, 6.45) is 0.624. The highest BCUT2D eigenvalue weighted by Gasteiger charge is 2.16. The normalized spacial score (nSPS) is 12.0. The van der Waals surface area contributed by atoms with E-state index in [9.17, 15) is 13.6 Å². The summed E-state index contributed by atoms with van der Waals surface area (Å²) in [6, 6.07) is 15.4. The highest BCUT2D eigenvalue weighted by molar-refractivity contribution is 5.91. The van der Waals surface area contributed by atoms with E-state index in [4.69, 9.17) is 4.52 Å². The average molecular weight is 356 g/mol. The average Bonchev–Trinajstić information content (AvgIpc) is 3.12. The molecule has 3 rings (SSSR count). The van der Waals surface area contributed by atoms with Crippen LogP contribution in [0.1, 0.15) is 40.2 Å². The molecule has 0 aliphatic heterocycles. The second-order valence-electron chi connectivity index (χ2n) is 6.09. The molecule has 26 heavy (non-hydrogen) atoms. The minimum atomic E-state index is -0.970. The van der Waals surface area contributed by atoms with Gasteiger partial charge in [0.15, 0.2) is 11.6 Å². The van der Waals surface area contributed by atoms with Gasteiger partial charge >= 0.3 is 0 Å². The zero-order valence-electron chi connectivity index (χ0n) is 14.2. The lowest BCUT2D eigenvalue weighted by Gasteiger charge is -2.08. The van der Waals surface area contributed by atoms with Crippen LogP contribution in [0.4, 0.5) is 8.78 Å². The van der Waals surface area contributed by atoms with E-state index in [-0.39, 0.29) is 23.8 Å². The molecule has 0 radical (unpaired) electrons. The molecule has 0 aliphatic rings. The Morgan fingerprint density at radius 2 is 1.92 bits per heavy atom. The number of benzene rings is 2. The first-order valence-electron chi connectivity index (χ1n) is 8.26. The van der Waals surface area contributed by atoms with Crippen molar-refractivity contribution in [2.24, 2.45) is 0 Å². The van der Waals surface area contributed by atoms with Gasteiger partial charge in [-0.15, -0.1) is 0 Å². The van der Waals surface area contributed by atoms with Crippen LogP contribution in [0.5, 0.6) is 0 Å². The maximum atomic E-state index is 13.6. The van der Waals surface area contributed by atoms with Crippen LogP contribution in [-0.2, 0) is 13.0 Å². The number of hydrogen-bond donors (Lipinski definition) is 1. The Morgan fingerprint density at radius 3 is 2.69 bits per heavy atom. The molecule has 134 valence electrons. The lowest BCUT2D eigenvalue weighted by atomic mass is 9.96. The van der Waals surface area contributed by atoms with Crippen molar-refractivity contribution in [2.45, 2.75) is 25.8 Å². The molecule has 3 aromatic rings. The Balaban J connectivity index is 1.60. The van der Waals surface area contributed by atoms with E-state index < -0.39 is 17.5 Å². The van der Waals surface area contributed by atoms with Crippen molar-refractivity contribution < 1.29 is 18.1 Å². The van der Waals surface area contributed by atoms with Crippen molar-refractivity contribution in [2.75, 3.05) is 0 Å². The lowest BCUT2D eigenvalue weighted by molar-refractivity contribution is 0.0913. The molecular weight excluding hydrogens is 338 g/mol. The van der Waals surface area contributed by atoms with E-state index in [1.54, 1.807) is 6.07 Å². The molecule has 1 N–H and O–H groups in total. The molecule has 1 aromatic heterocycles. The van der Waals surface area contributed by atoms with Crippen LogP contribution in [0.3, 0.4) is 0 Å². The summed E-state index contributed by atoms with van der Waals surface area (Å²) in [5.41, 5.74) is 1.89. The van der Waals surface area contributed by atoms with Crippen LogP contribution >= 0.6 is 0 Å². The summed E-state index contributed by atoms with van der Waals surface area (Å²) in [6.45, 7) is 1.93. The van der Waals surface area contributed by atoms with Gasteiger partial charge in [0.05, 0.1) is 5.69 Å². The number of carbonyl (C=O) groups is 1. The zero-order valence-corrected chi connectivity index (χ0v) is 14.2. The molecule has 0 saturated heterocycles. The van der Waals surface area contributed by atoms with Crippen LogP contribution < -0.4 is 5.32 Å². The number of halogens is 2. The molecule has 6 heteroatoms. The van der Waals surface area contributed by atoms with Crippen molar-refractivity contribution in [1.82, 2.24) is 10.5 Å². The van der Waals surface area contributed by atoms with Crippen LogP contribution in [0.15, 0.2) is 59.1 Å². The highest BCUT2D eigenvalue weighted by atomic mass is 19.2. The Hall–Kier alpha value is -3.02. The summed E-state index contributed by atoms with van der Waals surface area (Å²) in [5, 5.41) is 6.42. The summed E-state index contributed by atoms with van der Waals surface area (Å²) < 4.78 is 31.9. The van der Waals surface area contributed by atoms with Crippen molar-refractivity contribution >= 4 is 5.91 Å². The second kappa shape index (κ2) is 7.91. The molecule has 2 aromatic carbocycles. The smallest absolute Gasteiger partial charge is 0.290 e. The third kappa shape index (κ3) is 4.14.